The van der Waals surface area contributed by atoms with Crippen LogP contribution in [0.15, 0.2) is 40.7 Å². The van der Waals surface area contributed by atoms with Crippen LogP contribution >= 0.6 is 11.6 Å². The molecule has 0 bridgehead atoms. The predicted octanol–water partition coefficient (Wildman–Crippen LogP) is 4.52. The highest BCUT2D eigenvalue weighted by molar-refractivity contribution is 6.31. The SMILES string of the molecule is CCCC1=C(c2noc(C)n2)C(c2ccccc2Cl)c2cn[nH]c2N1. The van der Waals surface area contributed by atoms with Crippen LogP contribution in [-0.4, -0.2) is 20.3 Å². The maximum Gasteiger partial charge on any atom is 0.223 e. The molecule has 0 saturated heterocycles. The van der Waals surface area contributed by atoms with Gasteiger partial charge in [-0.05, 0) is 18.1 Å². The zero-order valence-electron chi connectivity index (χ0n) is 14.0. The summed E-state index contributed by atoms with van der Waals surface area (Å²) >= 11 is 6.54. The highest BCUT2D eigenvalue weighted by Gasteiger charge is 2.34. The summed E-state index contributed by atoms with van der Waals surface area (Å²) in [7, 11) is 0. The number of halogens is 1. The van der Waals surface area contributed by atoms with Crippen molar-refractivity contribution in [1.82, 2.24) is 20.3 Å². The van der Waals surface area contributed by atoms with Crippen molar-refractivity contribution in [2.24, 2.45) is 0 Å². The number of aryl methyl sites for hydroxylation is 1. The molecule has 2 aromatic heterocycles. The molecular weight excluding hydrogens is 338 g/mol. The first-order valence-electron chi connectivity index (χ1n) is 8.27. The van der Waals surface area contributed by atoms with Gasteiger partial charge in [0, 0.05) is 34.7 Å². The number of hydrogen-bond acceptors (Lipinski definition) is 5. The quantitative estimate of drug-likeness (QED) is 0.719. The lowest BCUT2D eigenvalue weighted by Crippen LogP contribution is -2.18. The van der Waals surface area contributed by atoms with Crippen molar-refractivity contribution in [2.45, 2.75) is 32.6 Å². The summed E-state index contributed by atoms with van der Waals surface area (Å²) in [6, 6.07) is 7.85. The number of nitrogens with one attached hydrogen (secondary N) is 2. The van der Waals surface area contributed by atoms with Gasteiger partial charge in [0.2, 0.25) is 11.7 Å². The van der Waals surface area contributed by atoms with Crippen LogP contribution in [0.1, 0.15) is 48.5 Å². The third-order valence-electron chi connectivity index (χ3n) is 4.35. The number of benzene rings is 1. The van der Waals surface area contributed by atoms with E-state index < -0.39 is 0 Å². The molecule has 25 heavy (non-hydrogen) atoms. The molecule has 6 nitrogen and oxygen atoms in total. The van der Waals surface area contributed by atoms with Crippen LogP contribution in [0.4, 0.5) is 5.82 Å². The van der Waals surface area contributed by atoms with E-state index in [-0.39, 0.29) is 5.92 Å². The van der Waals surface area contributed by atoms with E-state index in [9.17, 15) is 0 Å². The minimum atomic E-state index is -0.109. The average molecular weight is 356 g/mol. The van der Waals surface area contributed by atoms with Crippen LogP contribution in [0.3, 0.4) is 0 Å². The van der Waals surface area contributed by atoms with E-state index in [1.165, 1.54) is 0 Å². The second-order valence-corrected chi connectivity index (χ2v) is 6.47. The fourth-order valence-corrected chi connectivity index (χ4v) is 3.56. The zero-order valence-corrected chi connectivity index (χ0v) is 14.8. The first kappa shape index (κ1) is 15.9. The number of aromatic amines is 1. The monoisotopic (exact) mass is 355 g/mol. The molecule has 7 heteroatoms. The molecule has 1 aliphatic heterocycles. The van der Waals surface area contributed by atoms with Crippen LogP contribution in [0, 0.1) is 6.92 Å². The van der Waals surface area contributed by atoms with E-state index in [2.05, 4.69) is 32.6 Å². The van der Waals surface area contributed by atoms with Crippen molar-refractivity contribution < 1.29 is 4.52 Å². The van der Waals surface area contributed by atoms with Crippen molar-refractivity contribution in [3.05, 3.63) is 64.0 Å². The third-order valence-corrected chi connectivity index (χ3v) is 4.70. The molecule has 3 aromatic rings. The Labute approximate surface area is 150 Å². The van der Waals surface area contributed by atoms with E-state index in [1.54, 1.807) is 6.92 Å². The first-order chi connectivity index (χ1) is 12.2. The second-order valence-electron chi connectivity index (χ2n) is 6.06. The molecule has 1 unspecified atom stereocenters. The van der Waals surface area contributed by atoms with Gasteiger partial charge in [0.25, 0.3) is 0 Å². The number of nitrogens with zero attached hydrogens (tertiary/aromatic N) is 3. The minimum Gasteiger partial charge on any atom is -0.343 e. The average Bonchev–Trinajstić information content (AvgIpc) is 3.23. The molecule has 2 N–H and O–H groups in total. The second kappa shape index (κ2) is 6.37. The van der Waals surface area contributed by atoms with E-state index in [0.717, 1.165) is 41.1 Å². The number of aromatic nitrogens is 4. The van der Waals surface area contributed by atoms with Gasteiger partial charge in [0.05, 0.1) is 6.20 Å². The van der Waals surface area contributed by atoms with Crippen molar-refractivity contribution in [3.8, 4) is 0 Å². The van der Waals surface area contributed by atoms with Gasteiger partial charge >= 0.3 is 0 Å². The van der Waals surface area contributed by atoms with Gasteiger partial charge in [0.15, 0.2) is 0 Å². The summed E-state index contributed by atoms with van der Waals surface area (Å²) in [5.74, 6) is 1.90. The third kappa shape index (κ3) is 2.72. The topological polar surface area (TPSA) is 79.6 Å². The molecule has 4 rings (SSSR count). The van der Waals surface area contributed by atoms with Crippen molar-refractivity contribution >= 4 is 23.0 Å². The van der Waals surface area contributed by atoms with E-state index in [0.29, 0.717) is 16.7 Å². The Kier molecular flexibility index (Phi) is 4.05. The molecule has 3 heterocycles. The summed E-state index contributed by atoms with van der Waals surface area (Å²) in [5, 5.41) is 15.6. The molecular formula is C18H18ClN5O. The highest BCUT2D eigenvalue weighted by atomic mass is 35.5. The van der Waals surface area contributed by atoms with Gasteiger partial charge in [-0.15, -0.1) is 0 Å². The summed E-state index contributed by atoms with van der Waals surface area (Å²) in [5.41, 5.74) is 4.07. The lowest BCUT2D eigenvalue weighted by Gasteiger charge is -2.28. The minimum absolute atomic E-state index is 0.109. The van der Waals surface area contributed by atoms with Crippen LogP contribution in [0.2, 0.25) is 5.02 Å². The maximum atomic E-state index is 6.54. The molecule has 1 aromatic carbocycles. The van der Waals surface area contributed by atoms with E-state index in [1.807, 2.05) is 30.5 Å². The Bertz CT molecular complexity index is 942. The van der Waals surface area contributed by atoms with Gasteiger partial charge in [-0.1, -0.05) is 48.3 Å². The molecule has 1 aliphatic rings. The summed E-state index contributed by atoms with van der Waals surface area (Å²) in [6.45, 7) is 3.93. The summed E-state index contributed by atoms with van der Waals surface area (Å²) in [6.07, 6.45) is 3.68. The van der Waals surface area contributed by atoms with Crippen molar-refractivity contribution in [3.63, 3.8) is 0 Å². The lowest BCUT2D eigenvalue weighted by atomic mass is 9.81. The normalized spacial score (nSPS) is 16.7. The molecule has 0 spiro atoms. The van der Waals surface area contributed by atoms with Gasteiger partial charge in [0.1, 0.15) is 5.82 Å². The summed E-state index contributed by atoms with van der Waals surface area (Å²) in [4.78, 5) is 4.48. The lowest BCUT2D eigenvalue weighted by molar-refractivity contribution is 0.391. The van der Waals surface area contributed by atoms with E-state index >= 15 is 0 Å². The summed E-state index contributed by atoms with van der Waals surface area (Å²) < 4.78 is 5.25. The molecule has 0 saturated carbocycles. The Morgan fingerprint density at radius 3 is 2.80 bits per heavy atom. The molecule has 128 valence electrons. The Morgan fingerprint density at radius 1 is 1.24 bits per heavy atom. The van der Waals surface area contributed by atoms with Crippen molar-refractivity contribution in [1.29, 1.82) is 0 Å². The predicted molar refractivity (Wildman–Crippen MR) is 96.4 cm³/mol. The Balaban J connectivity index is 1.97. The number of fused-ring (bicyclic) bond motifs is 1. The van der Waals surface area contributed by atoms with Crippen LogP contribution in [-0.2, 0) is 0 Å². The standard InChI is InChI=1S/C18H18ClN5O/c1-3-6-14-16(18-21-10(2)25-24-18)15(11-7-4-5-8-13(11)19)12-9-20-23-17(12)22-14/h4-5,7-9,15H,3,6H2,1-2H3,(H2,20,22,23). The molecule has 0 amide bonds. The van der Waals surface area contributed by atoms with Gasteiger partial charge < -0.3 is 9.84 Å². The molecule has 0 radical (unpaired) electrons. The Hall–Kier alpha value is -2.60. The van der Waals surface area contributed by atoms with Gasteiger partial charge in [-0.3, -0.25) is 5.10 Å². The van der Waals surface area contributed by atoms with Gasteiger partial charge in [-0.2, -0.15) is 10.1 Å². The highest BCUT2D eigenvalue weighted by Crippen LogP contribution is 2.47. The maximum absolute atomic E-state index is 6.54. The number of allylic oxidation sites excluding steroid dienone is 2. The number of hydrogen-bond donors (Lipinski definition) is 2. The number of anilines is 1. The Morgan fingerprint density at radius 2 is 2.08 bits per heavy atom. The largest absolute Gasteiger partial charge is 0.343 e. The molecule has 0 fully saturated rings. The number of H-pyrrole nitrogens is 1. The fourth-order valence-electron chi connectivity index (χ4n) is 3.31. The van der Waals surface area contributed by atoms with Crippen LogP contribution in [0.25, 0.3) is 5.57 Å². The first-order valence-corrected chi connectivity index (χ1v) is 8.65. The fraction of sp³-hybridized carbons (Fsp3) is 0.278. The van der Waals surface area contributed by atoms with Gasteiger partial charge in [-0.25, -0.2) is 0 Å². The van der Waals surface area contributed by atoms with E-state index in [4.69, 9.17) is 16.1 Å². The van der Waals surface area contributed by atoms with Crippen LogP contribution in [0.5, 0.6) is 0 Å². The number of rotatable bonds is 4. The zero-order chi connectivity index (χ0) is 17.4. The molecule has 0 aliphatic carbocycles. The molecule has 1 atom stereocenters. The van der Waals surface area contributed by atoms with Crippen LogP contribution < -0.4 is 5.32 Å². The smallest absolute Gasteiger partial charge is 0.223 e. The van der Waals surface area contributed by atoms with Crippen molar-refractivity contribution in [2.75, 3.05) is 5.32 Å².